The summed E-state index contributed by atoms with van der Waals surface area (Å²) in [6.45, 7) is 2.23. The zero-order valence-corrected chi connectivity index (χ0v) is 13.2. The van der Waals surface area contributed by atoms with Crippen molar-refractivity contribution >= 4 is 17.9 Å². The maximum Gasteiger partial charge on any atom is 0.410 e. The number of nitrogens with zero attached hydrogens (tertiary/aromatic N) is 1. The van der Waals surface area contributed by atoms with E-state index in [4.69, 9.17) is 4.74 Å². The Hall–Kier alpha value is -2.57. The lowest BCUT2D eigenvalue weighted by atomic mass is 10.0. The van der Waals surface area contributed by atoms with Crippen LogP contribution >= 0.6 is 0 Å². The second-order valence-electron chi connectivity index (χ2n) is 5.38. The smallest absolute Gasteiger partial charge is 0.410 e. The van der Waals surface area contributed by atoms with Crippen molar-refractivity contribution in [3.63, 3.8) is 0 Å². The molecule has 0 unspecified atom stereocenters. The van der Waals surface area contributed by atoms with Gasteiger partial charge < -0.3 is 15.4 Å². The number of hydrogen-bond donors (Lipinski definition) is 2. The number of nitrogens with one attached hydrogen (secondary N) is 2. The third-order valence-electron chi connectivity index (χ3n) is 3.76. The van der Waals surface area contributed by atoms with Crippen LogP contribution in [0.15, 0.2) is 30.3 Å². The molecular weight excluding hydrogens is 298 g/mol. The Balaban J connectivity index is 1.82. The van der Waals surface area contributed by atoms with Gasteiger partial charge >= 0.3 is 6.09 Å². The van der Waals surface area contributed by atoms with Crippen molar-refractivity contribution < 1.29 is 19.1 Å². The monoisotopic (exact) mass is 319 g/mol. The van der Waals surface area contributed by atoms with Crippen LogP contribution in [-0.2, 0) is 20.9 Å². The third kappa shape index (κ3) is 4.21. The van der Waals surface area contributed by atoms with Crippen LogP contribution in [0, 0.1) is 0 Å². The number of rotatable bonds is 5. The number of carbonyl (C=O) groups excluding carboxylic acids is 3. The molecule has 124 valence electrons. The number of amides is 3. The summed E-state index contributed by atoms with van der Waals surface area (Å²) in [5, 5.41) is 5.05. The van der Waals surface area contributed by atoms with Gasteiger partial charge in [-0.1, -0.05) is 30.3 Å². The van der Waals surface area contributed by atoms with Crippen LogP contribution in [0.1, 0.15) is 18.9 Å². The molecule has 1 aromatic rings. The zero-order chi connectivity index (χ0) is 16.8. The minimum absolute atomic E-state index is 0.166. The van der Waals surface area contributed by atoms with E-state index in [1.54, 1.807) is 6.92 Å². The van der Waals surface area contributed by atoms with E-state index < -0.39 is 18.2 Å². The first-order valence-electron chi connectivity index (χ1n) is 7.52. The molecule has 7 nitrogen and oxygen atoms in total. The number of likely N-dealkylation sites (N-methyl/N-ethyl adjacent to an activating group) is 1. The van der Waals surface area contributed by atoms with Gasteiger partial charge in [-0.2, -0.15) is 0 Å². The fourth-order valence-electron chi connectivity index (χ4n) is 2.27. The lowest BCUT2D eigenvalue weighted by molar-refractivity contribution is -0.133. The molecule has 1 aliphatic heterocycles. The summed E-state index contributed by atoms with van der Waals surface area (Å²) in [7, 11) is 1.50. The van der Waals surface area contributed by atoms with Crippen LogP contribution in [0.5, 0.6) is 0 Å². The molecule has 2 rings (SSSR count). The Morgan fingerprint density at radius 1 is 1.30 bits per heavy atom. The molecule has 1 heterocycles. The standard InChI is InChI=1S/C16H21N3O4/c1-11(14(20)17-2)18-15(21)13-8-9-19(13)16(22)23-10-12-6-4-3-5-7-12/h3-7,11,13H,8-10H2,1-2H3,(H,17,20)(H,18,21)/t11-,13-/m0/s1. The average Bonchev–Trinajstić information content (AvgIpc) is 2.51. The highest BCUT2D eigenvalue weighted by molar-refractivity contribution is 5.91. The van der Waals surface area contributed by atoms with Gasteiger partial charge in [-0.15, -0.1) is 0 Å². The predicted octanol–water partition coefficient (Wildman–Crippen LogP) is 0.648. The van der Waals surface area contributed by atoms with Crippen molar-refractivity contribution in [1.82, 2.24) is 15.5 Å². The molecule has 0 aliphatic carbocycles. The van der Waals surface area contributed by atoms with Gasteiger partial charge in [0.1, 0.15) is 18.7 Å². The van der Waals surface area contributed by atoms with E-state index in [2.05, 4.69) is 10.6 Å². The van der Waals surface area contributed by atoms with Crippen molar-refractivity contribution in [2.24, 2.45) is 0 Å². The number of benzene rings is 1. The van der Waals surface area contributed by atoms with E-state index in [-0.39, 0.29) is 18.4 Å². The molecule has 1 fully saturated rings. The highest BCUT2D eigenvalue weighted by atomic mass is 16.6. The first-order valence-corrected chi connectivity index (χ1v) is 7.52. The minimum atomic E-state index is -0.643. The molecule has 23 heavy (non-hydrogen) atoms. The van der Waals surface area contributed by atoms with E-state index >= 15 is 0 Å². The van der Waals surface area contributed by atoms with E-state index in [0.29, 0.717) is 13.0 Å². The summed E-state index contributed by atoms with van der Waals surface area (Å²) in [6, 6.07) is 8.11. The quantitative estimate of drug-likeness (QED) is 0.834. The van der Waals surface area contributed by atoms with Crippen LogP contribution < -0.4 is 10.6 Å². The van der Waals surface area contributed by atoms with E-state index in [1.165, 1.54) is 11.9 Å². The van der Waals surface area contributed by atoms with Gasteiger partial charge in [0.15, 0.2) is 0 Å². The number of carbonyl (C=O) groups is 3. The molecule has 1 saturated heterocycles. The third-order valence-corrected chi connectivity index (χ3v) is 3.76. The fraction of sp³-hybridized carbons (Fsp3) is 0.438. The van der Waals surface area contributed by atoms with Gasteiger partial charge in [-0.25, -0.2) is 4.79 Å². The van der Waals surface area contributed by atoms with Crippen LogP contribution in [0.3, 0.4) is 0 Å². The topological polar surface area (TPSA) is 87.7 Å². The molecule has 1 aliphatic rings. The fourth-order valence-corrected chi connectivity index (χ4v) is 2.27. The molecule has 0 aromatic heterocycles. The maximum absolute atomic E-state index is 12.1. The van der Waals surface area contributed by atoms with E-state index in [9.17, 15) is 14.4 Å². The number of ether oxygens (including phenoxy) is 1. The summed E-state index contributed by atoms with van der Waals surface area (Å²) >= 11 is 0. The predicted molar refractivity (Wildman–Crippen MR) is 83.4 cm³/mol. The van der Waals surface area contributed by atoms with Gasteiger partial charge in [0, 0.05) is 13.6 Å². The molecular formula is C16H21N3O4. The first kappa shape index (κ1) is 16.8. The van der Waals surface area contributed by atoms with Crippen molar-refractivity contribution in [2.45, 2.75) is 32.0 Å². The summed E-state index contributed by atoms with van der Waals surface area (Å²) in [6.07, 6.45) is 0.0417. The van der Waals surface area contributed by atoms with Crippen molar-refractivity contribution in [2.75, 3.05) is 13.6 Å². The zero-order valence-electron chi connectivity index (χ0n) is 13.2. The largest absolute Gasteiger partial charge is 0.445 e. The molecule has 2 N–H and O–H groups in total. The van der Waals surface area contributed by atoms with Crippen LogP contribution in [0.4, 0.5) is 4.79 Å². The van der Waals surface area contributed by atoms with Gasteiger partial charge in [-0.05, 0) is 18.9 Å². The Bertz CT molecular complexity index is 576. The van der Waals surface area contributed by atoms with Crippen LogP contribution in [-0.4, -0.2) is 48.5 Å². The molecule has 3 amide bonds. The summed E-state index contributed by atoms with van der Waals surface area (Å²) in [5.41, 5.74) is 0.885. The molecule has 0 bridgehead atoms. The Morgan fingerprint density at radius 2 is 2.00 bits per heavy atom. The summed E-state index contributed by atoms with van der Waals surface area (Å²) in [4.78, 5) is 36.9. The highest BCUT2D eigenvalue weighted by Crippen LogP contribution is 2.19. The average molecular weight is 319 g/mol. The SMILES string of the molecule is CNC(=O)[C@H](C)NC(=O)[C@@H]1CCN1C(=O)OCc1ccccc1. The molecule has 0 radical (unpaired) electrons. The van der Waals surface area contributed by atoms with Crippen molar-refractivity contribution in [3.05, 3.63) is 35.9 Å². The van der Waals surface area contributed by atoms with Crippen molar-refractivity contribution in [1.29, 1.82) is 0 Å². The maximum atomic E-state index is 12.1. The van der Waals surface area contributed by atoms with Gasteiger partial charge in [-0.3, -0.25) is 14.5 Å². The molecule has 7 heteroatoms. The Labute approximate surface area is 135 Å². The van der Waals surface area contributed by atoms with E-state index in [1.807, 2.05) is 30.3 Å². The van der Waals surface area contributed by atoms with Gasteiger partial charge in [0.25, 0.3) is 0 Å². The Morgan fingerprint density at radius 3 is 2.57 bits per heavy atom. The summed E-state index contributed by atoms with van der Waals surface area (Å²) in [5.74, 6) is -0.625. The van der Waals surface area contributed by atoms with Gasteiger partial charge in [0.2, 0.25) is 11.8 Å². The molecule has 2 atom stereocenters. The highest BCUT2D eigenvalue weighted by Gasteiger charge is 2.39. The molecule has 0 saturated carbocycles. The lowest BCUT2D eigenvalue weighted by Gasteiger charge is -2.39. The van der Waals surface area contributed by atoms with Gasteiger partial charge in [0.05, 0.1) is 0 Å². The lowest BCUT2D eigenvalue weighted by Crippen LogP contribution is -2.60. The first-order chi connectivity index (χ1) is 11.0. The van der Waals surface area contributed by atoms with Crippen LogP contribution in [0.2, 0.25) is 0 Å². The molecule has 0 spiro atoms. The van der Waals surface area contributed by atoms with Crippen molar-refractivity contribution in [3.8, 4) is 0 Å². The summed E-state index contributed by atoms with van der Waals surface area (Å²) < 4.78 is 5.21. The van der Waals surface area contributed by atoms with E-state index in [0.717, 1.165) is 5.56 Å². The number of hydrogen-bond acceptors (Lipinski definition) is 4. The Kier molecular flexibility index (Phi) is 5.56. The molecule has 1 aromatic carbocycles. The number of likely N-dealkylation sites (tertiary alicyclic amines) is 1. The second kappa shape index (κ2) is 7.62. The second-order valence-corrected chi connectivity index (χ2v) is 5.38. The normalized spacial score (nSPS) is 17.7. The van der Waals surface area contributed by atoms with Crippen LogP contribution in [0.25, 0.3) is 0 Å². The minimum Gasteiger partial charge on any atom is -0.445 e.